The molecule has 1 aromatic carbocycles. The highest BCUT2D eigenvalue weighted by molar-refractivity contribution is 8.16. The maximum absolute atomic E-state index is 12.6. The fourth-order valence-corrected chi connectivity index (χ4v) is 5.81. The van der Waals surface area contributed by atoms with Gasteiger partial charge in [-0.1, -0.05) is 24.0 Å². The normalized spacial score (nSPS) is 13.9. The van der Waals surface area contributed by atoms with Crippen LogP contribution in [0.2, 0.25) is 0 Å². The highest BCUT2D eigenvalue weighted by Crippen LogP contribution is 2.23. The van der Waals surface area contributed by atoms with E-state index < -0.39 is 6.10 Å². The van der Waals surface area contributed by atoms with Gasteiger partial charge in [0.05, 0.1) is 13.2 Å². The Kier molecular flexibility index (Phi) is 9.25. The first-order valence-electron chi connectivity index (χ1n) is 11.4. The van der Waals surface area contributed by atoms with Gasteiger partial charge in [-0.25, -0.2) is 9.80 Å². The number of aliphatic hydroxyl groups is 1. The van der Waals surface area contributed by atoms with Crippen LogP contribution in [-0.4, -0.2) is 52.6 Å². The first-order valence-corrected chi connectivity index (χ1v) is 14.1. The van der Waals surface area contributed by atoms with Crippen molar-refractivity contribution < 1.29 is 19.4 Å². The third-order valence-electron chi connectivity index (χ3n) is 5.50. The van der Waals surface area contributed by atoms with Crippen LogP contribution in [-0.2, 0) is 17.6 Å². The number of thioether (sulfide) groups is 1. The summed E-state index contributed by atoms with van der Waals surface area (Å²) in [5.41, 5.74) is 2.94. The molecule has 3 aromatic rings. The molecular weight excluding hydrogens is 513 g/mol. The van der Waals surface area contributed by atoms with E-state index in [0.29, 0.717) is 37.2 Å². The van der Waals surface area contributed by atoms with Crippen molar-refractivity contribution in [3.8, 4) is 11.8 Å². The van der Waals surface area contributed by atoms with Crippen molar-refractivity contribution in [1.29, 1.82) is 0 Å². The minimum atomic E-state index is -0.551. The number of hydrogen-bond acceptors (Lipinski definition) is 8. The molecule has 0 aliphatic carbocycles. The Hall–Kier alpha value is -3.03. The largest absolute Gasteiger partial charge is 0.465 e. The summed E-state index contributed by atoms with van der Waals surface area (Å²) in [6, 6.07) is 13.6. The predicted octanol–water partition coefficient (Wildman–Crippen LogP) is 5.39. The Morgan fingerprint density at radius 1 is 1.14 bits per heavy atom. The summed E-state index contributed by atoms with van der Waals surface area (Å²) in [5.74, 6) is 5.98. The highest BCUT2D eigenvalue weighted by atomic mass is 32.2. The van der Waals surface area contributed by atoms with E-state index in [9.17, 15) is 14.7 Å². The number of benzene rings is 1. The molecule has 1 N–H and O–H groups in total. The second-order valence-electron chi connectivity index (χ2n) is 8.07. The van der Waals surface area contributed by atoms with E-state index in [-0.39, 0.29) is 11.2 Å². The monoisotopic (exact) mass is 538 g/mol. The number of hydrogen-bond donors (Lipinski definition) is 1. The molecule has 186 valence electrons. The van der Waals surface area contributed by atoms with Crippen LogP contribution in [0.4, 0.5) is 4.79 Å². The SMILES string of the molecule is COC(=O)c1ccc(CCN2C(=O)SC=CN2CC[C@@H](O)Cc2cccc(C#Cc3ccsc3)c2)s1. The van der Waals surface area contributed by atoms with Gasteiger partial charge in [-0.3, -0.25) is 9.80 Å². The molecule has 0 saturated carbocycles. The number of nitrogens with zero attached hydrogens (tertiary/aromatic N) is 2. The van der Waals surface area contributed by atoms with Crippen molar-refractivity contribution in [3.05, 3.63) is 91.3 Å². The Morgan fingerprint density at radius 3 is 2.81 bits per heavy atom. The summed E-state index contributed by atoms with van der Waals surface area (Å²) < 4.78 is 4.77. The second-order valence-corrected chi connectivity index (χ2v) is 10.9. The smallest absolute Gasteiger partial charge is 0.348 e. The van der Waals surface area contributed by atoms with Gasteiger partial charge in [0.15, 0.2) is 0 Å². The number of carbonyl (C=O) groups is 2. The Bertz CT molecular complexity index is 1270. The summed E-state index contributed by atoms with van der Waals surface area (Å²) in [5, 5.41) is 20.0. The summed E-state index contributed by atoms with van der Waals surface area (Å²) in [6.45, 7) is 0.998. The van der Waals surface area contributed by atoms with Crippen LogP contribution >= 0.6 is 34.4 Å². The lowest BCUT2D eigenvalue weighted by molar-refractivity contribution is 0.0548. The van der Waals surface area contributed by atoms with Crippen molar-refractivity contribution >= 4 is 45.6 Å². The molecule has 9 heteroatoms. The van der Waals surface area contributed by atoms with Crippen LogP contribution in [0.25, 0.3) is 0 Å². The molecule has 3 heterocycles. The fraction of sp³-hybridized carbons (Fsp3) is 0.259. The van der Waals surface area contributed by atoms with Gasteiger partial charge < -0.3 is 9.84 Å². The minimum absolute atomic E-state index is 0.0614. The lowest BCUT2D eigenvalue weighted by Crippen LogP contribution is -2.45. The maximum atomic E-state index is 12.6. The number of methoxy groups -OCH3 is 1. The van der Waals surface area contributed by atoms with Gasteiger partial charge >= 0.3 is 11.2 Å². The van der Waals surface area contributed by atoms with E-state index in [0.717, 1.165) is 33.3 Å². The average Bonchev–Trinajstić information content (AvgIpc) is 3.58. The van der Waals surface area contributed by atoms with Crippen molar-refractivity contribution in [2.75, 3.05) is 20.2 Å². The van der Waals surface area contributed by atoms with Gasteiger partial charge in [-0.2, -0.15) is 11.3 Å². The van der Waals surface area contributed by atoms with Crippen molar-refractivity contribution in [2.24, 2.45) is 0 Å². The zero-order valence-corrected chi connectivity index (χ0v) is 22.2. The van der Waals surface area contributed by atoms with Gasteiger partial charge in [0.25, 0.3) is 0 Å². The van der Waals surface area contributed by atoms with Crippen LogP contribution in [0, 0.1) is 11.8 Å². The summed E-state index contributed by atoms with van der Waals surface area (Å²) in [7, 11) is 1.36. The van der Waals surface area contributed by atoms with Crippen LogP contribution in [0.15, 0.2) is 64.8 Å². The minimum Gasteiger partial charge on any atom is -0.465 e. The first kappa shape index (κ1) is 26.0. The zero-order chi connectivity index (χ0) is 25.3. The van der Waals surface area contributed by atoms with Gasteiger partial charge in [0.2, 0.25) is 0 Å². The number of ether oxygens (including phenoxy) is 1. The van der Waals surface area contributed by atoms with Crippen molar-refractivity contribution in [2.45, 2.75) is 25.4 Å². The third kappa shape index (κ3) is 7.24. The predicted molar refractivity (Wildman–Crippen MR) is 146 cm³/mol. The van der Waals surface area contributed by atoms with Gasteiger partial charge in [0.1, 0.15) is 4.88 Å². The highest BCUT2D eigenvalue weighted by Gasteiger charge is 2.23. The number of esters is 1. The molecule has 0 bridgehead atoms. The Balaban J connectivity index is 1.30. The molecule has 36 heavy (non-hydrogen) atoms. The fourth-order valence-electron chi connectivity index (χ4n) is 3.67. The number of aliphatic hydroxyl groups excluding tert-OH is 1. The molecule has 1 atom stereocenters. The summed E-state index contributed by atoms with van der Waals surface area (Å²) in [4.78, 5) is 25.8. The van der Waals surface area contributed by atoms with Crippen molar-refractivity contribution in [3.63, 3.8) is 0 Å². The maximum Gasteiger partial charge on any atom is 0.348 e. The van der Waals surface area contributed by atoms with Gasteiger partial charge in [-0.05, 0) is 71.3 Å². The number of carbonyl (C=O) groups excluding carboxylic acids is 2. The van der Waals surface area contributed by atoms with Crippen LogP contribution in [0.1, 0.15) is 37.7 Å². The topological polar surface area (TPSA) is 70.1 Å². The van der Waals surface area contributed by atoms with E-state index >= 15 is 0 Å². The summed E-state index contributed by atoms with van der Waals surface area (Å²) in [6.07, 6.45) is 2.97. The van der Waals surface area contributed by atoms with E-state index in [1.54, 1.807) is 27.8 Å². The second kappa shape index (κ2) is 12.8. The number of amides is 1. The molecule has 0 saturated heterocycles. The van der Waals surface area contributed by atoms with Crippen LogP contribution in [0.3, 0.4) is 0 Å². The molecule has 6 nitrogen and oxygen atoms in total. The Labute approximate surface area is 223 Å². The van der Waals surface area contributed by atoms with E-state index in [1.165, 1.54) is 18.4 Å². The zero-order valence-electron chi connectivity index (χ0n) is 19.8. The molecule has 1 aliphatic heterocycles. The molecular formula is C27H26N2O4S3. The van der Waals surface area contributed by atoms with Crippen LogP contribution in [0.5, 0.6) is 0 Å². The van der Waals surface area contributed by atoms with E-state index in [1.807, 2.05) is 58.4 Å². The van der Waals surface area contributed by atoms with E-state index in [2.05, 4.69) is 11.8 Å². The molecule has 2 aromatic heterocycles. The standard InChI is InChI=1S/C27H26N2O4S3/c1-33-26(31)25-8-7-24(36-25)10-13-29-27(32)35-16-14-28(29)12-9-23(30)18-22-4-2-3-20(17-22)5-6-21-11-15-34-19-21/h2-4,7-8,11,14-17,19,23,30H,9-10,12-13,18H2,1H3/t23-/m1/s1. The molecule has 0 fully saturated rings. The molecule has 0 unspecified atom stereocenters. The molecule has 1 amide bonds. The number of thiophene rings is 2. The molecule has 0 spiro atoms. The lowest BCUT2D eigenvalue weighted by Gasteiger charge is -2.36. The number of hydrazine groups is 1. The first-order chi connectivity index (χ1) is 17.5. The number of rotatable bonds is 9. The Morgan fingerprint density at radius 2 is 2.00 bits per heavy atom. The quantitative estimate of drug-likeness (QED) is 0.291. The van der Waals surface area contributed by atoms with E-state index in [4.69, 9.17) is 4.74 Å². The third-order valence-corrected chi connectivity index (χ3v) is 7.98. The van der Waals surface area contributed by atoms with Gasteiger partial charge in [0, 0.05) is 47.1 Å². The molecule has 0 radical (unpaired) electrons. The van der Waals surface area contributed by atoms with Crippen molar-refractivity contribution in [1.82, 2.24) is 10.0 Å². The lowest BCUT2D eigenvalue weighted by atomic mass is 10.0. The average molecular weight is 539 g/mol. The molecule has 1 aliphatic rings. The molecule has 4 rings (SSSR count). The van der Waals surface area contributed by atoms with Crippen LogP contribution < -0.4 is 0 Å². The summed E-state index contributed by atoms with van der Waals surface area (Å²) >= 11 is 4.14. The van der Waals surface area contributed by atoms with Gasteiger partial charge in [-0.15, -0.1) is 11.3 Å².